The van der Waals surface area contributed by atoms with Gasteiger partial charge in [0.05, 0.1) is 22.1 Å². The Morgan fingerprint density at radius 3 is 0.932 bits per heavy atom. The van der Waals surface area contributed by atoms with Crippen molar-refractivity contribution in [2.45, 2.75) is 59.8 Å². The summed E-state index contributed by atoms with van der Waals surface area (Å²) in [5, 5.41) is 5.35. The van der Waals surface area contributed by atoms with Crippen molar-refractivity contribution in [1.29, 1.82) is 0 Å². The molecule has 2 aromatic heterocycles. The van der Waals surface area contributed by atoms with Crippen LogP contribution in [0, 0.1) is 0 Å². The highest BCUT2D eigenvalue weighted by Gasteiger charge is 2.21. The van der Waals surface area contributed by atoms with Gasteiger partial charge in [-0.2, -0.15) is 0 Å². The van der Waals surface area contributed by atoms with E-state index in [4.69, 9.17) is 0 Å². The lowest BCUT2D eigenvalue weighted by molar-refractivity contribution is 1.13. The standard InChI is InChI=1S/C57H48N2/c1-5-36-9-25-54-50(29-36)51-30-37(6-2)10-26-55(51)58(54)46-21-17-40(18-22-46)42-13-15-44-33-45-16-14-43(35-49(45)48(44)34-42)41-19-23-47(24-20-41)59-56-27-11-38(7-3)31-52(56)53-32-39(8-4)12-28-57(53)59/h9-32,34-35H,5-8,33H2,1-4H3. The summed E-state index contributed by atoms with van der Waals surface area (Å²) in [5.41, 5.74) is 23.4. The second-order valence-electron chi connectivity index (χ2n) is 16.5. The van der Waals surface area contributed by atoms with Crippen LogP contribution in [0.25, 0.3) is 88.4 Å². The molecule has 11 rings (SSSR count). The van der Waals surface area contributed by atoms with Crippen LogP contribution in [-0.4, -0.2) is 9.13 Å². The lowest BCUT2D eigenvalue weighted by Crippen LogP contribution is -1.94. The third kappa shape index (κ3) is 5.76. The van der Waals surface area contributed by atoms with Gasteiger partial charge in [-0.05, 0) is 184 Å². The molecule has 0 saturated carbocycles. The van der Waals surface area contributed by atoms with Crippen LogP contribution in [0.3, 0.4) is 0 Å². The van der Waals surface area contributed by atoms with Crippen LogP contribution < -0.4 is 0 Å². The molecule has 0 aliphatic heterocycles. The van der Waals surface area contributed by atoms with Crippen molar-refractivity contribution in [1.82, 2.24) is 9.13 Å². The van der Waals surface area contributed by atoms with E-state index in [0.717, 1.165) is 32.1 Å². The molecule has 0 unspecified atom stereocenters. The Hall–Kier alpha value is -6.64. The summed E-state index contributed by atoms with van der Waals surface area (Å²) < 4.78 is 4.88. The van der Waals surface area contributed by atoms with Gasteiger partial charge in [0.2, 0.25) is 0 Å². The first kappa shape index (κ1) is 35.5. The third-order valence-corrected chi connectivity index (χ3v) is 13.2. The van der Waals surface area contributed by atoms with E-state index in [0.29, 0.717) is 0 Å². The number of hydrogen-bond donors (Lipinski definition) is 0. The van der Waals surface area contributed by atoms with Gasteiger partial charge in [-0.25, -0.2) is 0 Å². The minimum atomic E-state index is 0.976. The van der Waals surface area contributed by atoms with E-state index < -0.39 is 0 Å². The Bertz CT molecular complexity index is 2920. The zero-order valence-electron chi connectivity index (χ0n) is 34.4. The second-order valence-corrected chi connectivity index (χ2v) is 16.5. The van der Waals surface area contributed by atoms with Crippen LogP contribution >= 0.6 is 0 Å². The van der Waals surface area contributed by atoms with Crippen molar-refractivity contribution in [3.63, 3.8) is 0 Å². The van der Waals surface area contributed by atoms with Gasteiger partial charge in [0.15, 0.2) is 0 Å². The summed E-state index contributed by atoms with van der Waals surface area (Å²) in [6.45, 7) is 8.95. The monoisotopic (exact) mass is 760 g/mol. The minimum absolute atomic E-state index is 0.976. The average Bonchev–Trinajstić information content (AvgIpc) is 3.94. The number of aromatic nitrogens is 2. The van der Waals surface area contributed by atoms with Gasteiger partial charge >= 0.3 is 0 Å². The Kier molecular flexibility index (Phi) is 8.44. The lowest BCUT2D eigenvalue weighted by atomic mass is 9.96. The molecule has 8 aromatic carbocycles. The summed E-state index contributed by atoms with van der Waals surface area (Å²) in [7, 11) is 0. The third-order valence-electron chi connectivity index (χ3n) is 13.2. The van der Waals surface area contributed by atoms with Crippen molar-refractivity contribution in [2.24, 2.45) is 0 Å². The minimum Gasteiger partial charge on any atom is -0.309 e. The van der Waals surface area contributed by atoms with Crippen molar-refractivity contribution < 1.29 is 0 Å². The van der Waals surface area contributed by atoms with E-state index >= 15 is 0 Å². The molecular weight excluding hydrogens is 713 g/mol. The SMILES string of the molecule is CCc1ccc2c(c1)c1cc(CC)ccc1n2-c1ccc(-c2ccc3c(c2)-c2cc(-c4ccc(-n5c6ccc(CC)cc6c6cc(CC)ccc65)cc4)ccc2C3)cc1. The smallest absolute Gasteiger partial charge is 0.0541 e. The van der Waals surface area contributed by atoms with Gasteiger partial charge in [-0.1, -0.05) is 100 Å². The first-order valence-electron chi connectivity index (χ1n) is 21.6. The van der Waals surface area contributed by atoms with Crippen molar-refractivity contribution in [3.8, 4) is 44.8 Å². The Morgan fingerprint density at radius 1 is 0.322 bits per heavy atom. The number of benzene rings is 8. The number of aryl methyl sites for hydroxylation is 4. The van der Waals surface area contributed by atoms with Crippen molar-refractivity contribution in [3.05, 3.63) is 191 Å². The van der Waals surface area contributed by atoms with Crippen molar-refractivity contribution >= 4 is 43.6 Å². The molecule has 0 saturated heterocycles. The summed E-state index contributed by atoms with van der Waals surface area (Å²) in [6.07, 6.45) is 5.12. The lowest BCUT2D eigenvalue weighted by Gasteiger charge is -2.12. The molecule has 0 N–H and O–H groups in total. The predicted octanol–water partition coefficient (Wildman–Crippen LogP) is 15.0. The topological polar surface area (TPSA) is 9.86 Å². The van der Waals surface area contributed by atoms with Crippen LogP contribution in [0.2, 0.25) is 0 Å². The fourth-order valence-electron chi connectivity index (χ4n) is 9.80. The van der Waals surface area contributed by atoms with Gasteiger partial charge in [0.1, 0.15) is 0 Å². The molecule has 2 heteroatoms. The summed E-state index contributed by atoms with van der Waals surface area (Å²) in [6, 6.07) is 60.4. The van der Waals surface area contributed by atoms with Gasteiger partial charge in [0, 0.05) is 32.9 Å². The molecule has 0 atom stereocenters. The van der Waals surface area contributed by atoms with E-state index in [-0.39, 0.29) is 0 Å². The maximum absolute atomic E-state index is 2.44. The van der Waals surface area contributed by atoms with Gasteiger partial charge in [-0.15, -0.1) is 0 Å². The van der Waals surface area contributed by atoms with Crippen molar-refractivity contribution in [2.75, 3.05) is 0 Å². The largest absolute Gasteiger partial charge is 0.309 e. The highest BCUT2D eigenvalue weighted by atomic mass is 15.0. The fraction of sp³-hybridized carbons (Fsp3) is 0.158. The maximum atomic E-state index is 2.44. The second kappa shape index (κ2) is 14.0. The Morgan fingerprint density at radius 2 is 0.627 bits per heavy atom. The molecule has 1 aliphatic carbocycles. The fourth-order valence-corrected chi connectivity index (χ4v) is 9.80. The normalized spacial score (nSPS) is 12.3. The molecule has 0 spiro atoms. The summed E-state index contributed by atoms with van der Waals surface area (Å²) in [5.74, 6) is 0. The number of nitrogens with zero attached hydrogens (tertiary/aromatic N) is 2. The Labute approximate surface area is 347 Å². The van der Waals surface area contributed by atoms with Crippen LogP contribution in [0.1, 0.15) is 61.1 Å². The summed E-state index contributed by atoms with van der Waals surface area (Å²) >= 11 is 0. The van der Waals surface area contributed by atoms with E-state index in [1.807, 2.05) is 0 Å². The molecule has 2 heterocycles. The van der Waals surface area contributed by atoms with E-state index in [1.54, 1.807) is 0 Å². The van der Waals surface area contributed by atoms with E-state index in [9.17, 15) is 0 Å². The molecule has 0 bridgehead atoms. The summed E-state index contributed by atoms with van der Waals surface area (Å²) in [4.78, 5) is 0. The van der Waals surface area contributed by atoms with Gasteiger partial charge < -0.3 is 9.13 Å². The zero-order valence-corrected chi connectivity index (χ0v) is 34.4. The molecular formula is C57H48N2. The van der Waals surface area contributed by atoms with Crippen LogP contribution in [-0.2, 0) is 32.1 Å². The molecule has 0 amide bonds. The van der Waals surface area contributed by atoms with Gasteiger partial charge in [0.25, 0.3) is 0 Å². The molecule has 0 fully saturated rings. The Balaban J connectivity index is 0.919. The van der Waals surface area contributed by atoms with Crippen LogP contribution in [0.4, 0.5) is 0 Å². The maximum Gasteiger partial charge on any atom is 0.0541 e. The highest BCUT2D eigenvalue weighted by Crippen LogP contribution is 2.42. The average molecular weight is 761 g/mol. The molecule has 286 valence electrons. The van der Waals surface area contributed by atoms with Crippen LogP contribution in [0.5, 0.6) is 0 Å². The number of hydrogen-bond acceptors (Lipinski definition) is 0. The first-order valence-corrected chi connectivity index (χ1v) is 21.6. The predicted molar refractivity (Wildman–Crippen MR) is 252 cm³/mol. The molecule has 59 heavy (non-hydrogen) atoms. The van der Waals surface area contributed by atoms with E-state index in [2.05, 4.69) is 195 Å². The molecule has 0 radical (unpaired) electrons. The molecule has 1 aliphatic rings. The van der Waals surface area contributed by atoms with E-state index in [1.165, 1.54) is 122 Å². The first-order chi connectivity index (χ1) is 29.0. The number of fused-ring (bicyclic) bond motifs is 9. The molecule has 10 aromatic rings. The number of rotatable bonds is 8. The zero-order chi connectivity index (χ0) is 39.8. The van der Waals surface area contributed by atoms with Crippen LogP contribution in [0.15, 0.2) is 158 Å². The highest BCUT2D eigenvalue weighted by molar-refractivity contribution is 6.11. The quantitative estimate of drug-likeness (QED) is 0.146. The van der Waals surface area contributed by atoms with Gasteiger partial charge in [-0.3, -0.25) is 0 Å². The molecule has 2 nitrogen and oxygen atoms in total.